The summed E-state index contributed by atoms with van der Waals surface area (Å²) in [5.41, 5.74) is -0.570. The van der Waals surface area contributed by atoms with Crippen LogP contribution in [0.5, 0.6) is 5.75 Å². The average Bonchev–Trinajstić information content (AvgIpc) is 2.45. The van der Waals surface area contributed by atoms with Crippen molar-refractivity contribution in [3.63, 3.8) is 0 Å². The molecule has 1 heterocycles. The van der Waals surface area contributed by atoms with Crippen molar-refractivity contribution < 1.29 is 25.6 Å². The topological polar surface area (TPSA) is 58.6 Å². The van der Waals surface area contributed by atoms with Crippen LogP contribution in [0.1, 0.15) is 35.7 Å². The Morgan fingerprint density at radius 2 is 2.47 bits per heavy atom. The Labute approximate surface area is 112 Å². The maximum atomic E-state index is 11.8. The van der Waals surface area contributed by atoms with Crippen molar-refractivity contribution in [2.45, 2.75) is 25.6 Å². The number of hydrogen-bond donors (Lipinski definition) is 2. The number of rotatable bonds is 5. The van der Waals surface area contributed by atoms with Crippen molar-refractivity contribution in [1.82, 2.24) is 0 Å². The molecular weight excluding hydrogens is 218 g/mol. The van der Waals surface area contributed by atoms with Crippen LogP contribution in [0.3, 0.4) is 0 Å². The molecule has 0 fully saturated rings. The molecule has 1 aliphatic heterocycles. The van der Waals surface area contributed by atoms with Crippen LogP contribution in [0.25, 0.3) is 0 Å². The summed E-state index contributed by atoms with van der Waals surface area (Å²) in [7, 11) is 0. The third-order valence-electron chi connectivity index (χ3n) is 2.08. The zero-order valence-electron chi connectivity index (χ0n) is 17.0. The van der Waals surface area contributed by atoms with Crippen LogP contribution in [0.2, 0.25) is 0 Å². The molecule has 0 saturated carbocycles. The lowest BCUT2D eigenvalue weighted by Gasteiger charge is -2.17. The molecule has 1 amide bonds. The molecule has 2 rings (SSSR count). The van der Waals surface area contributed by atoms with Crippen molar-refractivity contribution in [3.8, 4) is 5.75 Å². The van der Waals surface area contributed by atoms with Gasteiger partial charge >= 0.3 is 0 Å². The fourth-order valence-electron chi connectivity index (χ4n) is 1.30. The molecule has 4 heteroatoms. The van der Waals surface area contributed by atoms with E-state index < -0.39 is 31.3 Å². The van der Waals surface area contributed by atoms with E-state index in [9.17, 15) is 4.79 Å². The van der Waals surface area contributed by atoms with Gasteiger partial charge in [-0.3, -0.25) is 4.79 Å². The van der Waals surface area contributed by atoms with E-state index in [0.29, 0.717) is 0 Å². The molecule has 0 aliphatic carbocycles. The van der Waals surface area contributed by atoms with Gasteiger partial charge in [-0.1, -0.05) is 6.07 Å². The number of aryl methyl sites for hydroxylation is 1. The molecule has 1 aliphatic rings. The van der Waals surface area contributed by atoms with Crippen LogP contribution < -0.4 is 10.1 Å². The number of carbonyl (C=O) groups is 1. The van der Waals surface area contributed by atoms with Crippen molar-refractivity contribution in [1.29, 1.82) is 0 Å². The number of fused-ring (bicyclic) bond motifs is 1. The first kappa shape index (κ1) is 5.40. The molecule has 0 radical (unpaired) electrons. The van der Waals surface area contributed by atoms with Crippen LogP contribution in [0.4, 0.5) is 5.69 Å². The van der Waals surface area contributed by atoms with Crippen LogP contribution in [0.15, 0.2) is 18.2 Å². The number of hydrogen-bond acceptors (Lipinski definition) is 3. The largest absolute Gasteiger partial charge is 0.494 e. The fraction of sp³-hybridized carbons (Fsp3) is 0.462. The van der Waals surface area contributed by atoms with Gasteiger partial charge in [-0.15, -0.1) is 0 Å². The van der Waals surface area contributed by atoms with E-state index in [1.807, 2.05) is 0 Å². The lowest BCUT2D eigenvalue weighted by atomic mass is 10.0. The Bertz CT molecular complexity index is 701. The predicted octanol–water partition coefficient (Wildman–Crippen LogP) is 1.72. The maximum absolute atomic E-state index is 11.8. The molecule has 0 atom stereocenters. The third kappa shape index (κ3) is 3.20. The minimum absolute atomic E-state index is 0.0989. The Kier molecular flexibility index (Phi) is 1.80. The maximum Gasteiger partial charge on any atom is 0.224 e. The normalized spacial score (nSPS) is 27.7. The summed E-state index contributed by atoms with van der Waals surface area (Å²) < 4.78 is 66.2. The van der Waals surface area contributed by atoms with Gasteiger partial charge < -0.3 is 15.2 Å². The second kappa shape index (κ2) is 5.68. The highest BCUT2D eigenvalue weighted by Crippen LogP contribution is 2.27. The van der Waals surface area contributed by atoms with E-state index in [-0.39, 0.29) is 42.5 Å². The minimum atomic E-state index is -2.85. The molecule has 4 nitrogen and oxygen atoms in total. The Balaban J connectivity index is 2.33. The molecule has 17 heavy (non-hydrogen) atoms. The highest BCUT2D eigenvalue weighted by atomic mass is 16.5. The second-order valence-electron chi connectivity index (χ2n) is 3.35. The lowest BCUT2D eigenvalue weighted by Crippen LogP contribution is -2.18. The molecule has 0 saturated heterocycles. The Hall–Kier alpha value is -1.55. The van der Waals surface area contributed by atoms with E-state index in [0.717, 1.165) is 6.07 Å². The lowest BCUT2D eigenvalue weighted by molar-refractivity contribution is -0.116. The summed E-state index contributed by atoms with van der Waals surface area (Å²) in [6.45, 7) is -2.46. The van der Waals surface area contributed by atoms with Crippen LogP contribution >= 0.6 is 0 Å². The van der Waals surface area contributed by atoms with Gasteiger partial charge in [0.2, 0.25) is 5.91 Å². The fourth-order valence-corrected chi connectivity index (χ4v) is 1.30. The molecule has 1 aromatic carbocycles. The van der Waals surface area contributed by atoms with E-state index in [4.69, 9.17) is 20.8 Å². The molecule has 2 N–H and O–H groups in total. The van der Waals surface area contributed by atoms with Crippen molar-refractivity contribution >= 4 is 11.6 Å². The number of anilines is 1. The number of amides is 1. The zero-order chi connectivity index (χ0) is 19.2. The molecule has 92 valence electrons. The van der Waals surface area contributed by atoms with Gasteiger partial charge in [0.25, 0.3) is 0 Å². The quantitative estimate of drug-likeness (QED) is 0.774. The third-order valence-corrected chi connectivity index (χ3v) is 2.08. The number of aliphatic hydroxyl groups is 1. The molecular formula is C13H17NO3. The SMILES string of the molecule is [2H]c1cc2c(c([2H])c1OCCCC([2H])([2H])O)NC(=O)C([2H])([2H])C2([2H])[2H]. The molecule has 0 aromatic heterocycles. The first-order chi connectivity index (χ1) is 11.3. The number of benzene rings is 1. The average molecular weight is 243 g/mol. The van der Waals surface area contributed by atoms with Gasteiger partial charge in [0.05, 0.1) is 12.1 Å². The highest BCUT2D eigenvalue weighted by molar-refractivity contribution is 5.94. The van der Waals surface area contributed by atoms with Crippen molar-refractivity contribution in [2.24, 2.45) is 0 Å². The van der Waals surface area contributed by atoms with E-state index >= 15 is 0 Å². The van der Waals surface area contributed by atoms with E-state index in [2.05, 4.69) is 5.32 Å². The van der Waals surface area contributed by atoms with E-state index in [1.54, 1.807) is 0 Å². The number of carbonyl (C=O) groups excluding carboxylic acids is 1. The molecule has 0 bridgehead atoms. The standard InChI is InChI=1S/C13H17NO3/c15-7-1-2-8-17-11-5-3-10-4-6-13(16)14-12(10)9-11/h3,5,9,15H,1-2,4,6-8H2,(H,14,16)/i4D2,5D,6D2,7D2,9D. The van der Waals surface area contributed by atoms with Gasteiger partial charge in [-0.05, 0) is 30.8 Å². The number of nitrogens with one attached hydrogen (secondary N) is 1. The summed E-state index contributed by atoms with van der Waals surface area (Å²) in [6, 6.07) is 0.194. The first-order valence-corrected chi connectivity index (χ1v) is 5.10. The summed E-state index contributed by atoms with van der Waals surface area (Å²) in [4.78, 5) is 11.8. The van der Waals surface area contributed by atoms with Crippen LogP contribution in [-0.2, 0) is 11.2 Å². The van der Waals surface area contributed by atoms with Crippen molar-refractivity contribution in [2.75, 3.05) is 18.5 Å². The van der Waals surface area contributed by atoms with Crippen LogP contribution in [-0.4, -0.2) is 24.2 Å². The highest BCUT2D eigenvalue weighted by Gasteiger charge is 2.14. The summed E-state index contributed by atoms with van der Waals surface area (Å²) in [6.07, 6.45) is -5.68. The summed E-state index contributed by atoms with van der Waals surface area (Å²) in [5, 5.41) is 11.1. The summed E-state index contributed by atoms with van der Waals surface area (Å²) in [5.74, 6) is -1.47. The van der Waals surface area contributed by atoms with Gasteiger partial charge in [-0.2, -0.15) is 0 Å². The Morgan fingerprint density at radius 1 is 1.59 bits per heavy atom. The Morgan fingerprint density at radius 3 is 3.29 bits per heavy atom. The monoisotopic (exact) mass is 243 g/mol. The smallest absolute Gasteiger partial charge is 0.224 e. The predicted molar refractivity (Wildman–Crippen MR) is 65.2 cm³/mol. The molecule has 0 unspecified atom stereocenters. The molecule has 0 spiro atoms. The van der Waals surface area contributed by atoms with Gasteiger partial charge in [0.1, 0.15) is 5.75 Å². The first-order valence-electron chi connectivity index (χ1n) is 9.10. The number of ether oxygens (including phenoxy) is 1. The van der Waals surface area contributed by atoms with Gasteiger partial charge in [0, 0.05) is 30.1 Å². The zero-order valence-corrected chi connectivity index (χ0v) is 8.96. The van der Waals surface area contributed by atoms with Crippen molar-refractivity contribution in [3.05, 3.63) is 23.7 Å². The summed E-state index contributed by atoms with van der Waals surface area (Å²) >= 11 is 0. The van der Waals surface area contributed by atoms with Gasteiger partial charge in [-0.25, -0.2) is 0 Å². The van der Waals surface area contributed by atoms with Gasteiger partial charge in [0.15, 0.2) is 0 Å². The van der Waals surface area contributed by atoms with Crippen LogP contribution in [0, 0.1) is 0 Å². The minimum Gasteiger partial charge on any atom is -0.494 e. The van der Waals surface area contributed by atoms with E-state index in [1.165, 1.54) is 0 Å². The molecule has 1 aromatic rings. The second-order valence-corrected chi connectivity index (χ2v) is 3.35.